The van der Waals surface area contributed by atoms with Crippen molar-refractivity contribution < 1.29 is 8.42 Å². The van der Waals surface area contributed by atoms with Crippen molar-refractivity contribution in [3.63, 3.8) is 0 Å². The highest BCUT2D eigenvalue weighted by Crippen LogP contribution is 2.41. The Labute approximate surface area is 162 Å². The van der Waals surface area contributed by atoms with Crippen molar-refractivity contribution in [2.24, 2.45) is 0 Å². The number of benzene rings is 2. The molecule has 4 nitrogen and oxygen atoms in total. The summed E-state index contributed by atoms with van der Waals surface area (Å²) in [7, 11) is 0.414. The van der Waals surface area contributed by atoms with Gasteiger partial charge in [-0.15, -0.1) is 11.8 Å². The summed E-state index contributed by atoms with van der Waals surface area (Å²) >= 11 is 7.95. The summed E-state index contributed by atoms with van der Waals surface area (Å²) in [6.07, 6.45) is 3.72. The number of hydrogen-bond donors (Lipinski definition) is 0. The van der Waals surface area contributed by atoms with Gasteiger partial charge in [0.05, 0.1) is 15.9 Å². The van der Waals surface area contributed by atoms with Crippen LogP contribution in [0.1, 0.15) is 12.0 Å². The lowest BCUT2D eigenvalue weighted by Crippen LogP contribution is -2.27. The maximum Gasteiger partial charge on any atom is 0.269 e. The Kier molecular flexibility index (Phi) is 4.55. The number of aryl methyl sites for hydroxylation is 1. The monoisotopic (exact) mass is 406 g/mol. The van der Waals surface area contributed by atoms with E-state index in [4.69, 9.17) is 11.6 Å². The van der Waals surface area contributed by atoms with Gasteiger partial charge in [0.1, 0.15) is 4.90 Å². The first kappa shape index (κ1) is 17.9. The molecule has 2 aromatic carbocycles. The van der Waals surface area contributed by atoms with E-state index >= 15 is 0 Å². The van der Waals surface area contributed by atoms with Crippen molar-refractivity contribution in [2.75, 3.05) is 14.1 Å². The third-order valence-electron chi connectivity index (χ3n) is 4.73. The van der Waals surface area contributed by atoms with Crippen LogP contribution < -0.4 is 0 Å². The molecule has 0 aliphatic carbocycles. The standard InChI is InChI=1S/C19H19ClN2O2S2/c1-21(2)18-10-8-13-7-9-16-14(19(13)25-18)11-12-22(16)26(23,24)17-6-4-3-5-15(17)20/h3-7,9,11-12,18H,8,10H2,1-2H3. The van der Waals surface area contributed by atoms with Crippen LogP contribution in [0.2, 0.25) is 5.02 Å². The molecule has 1 unspecified atom stereocenters. The molecular formula is C19H19ClN2O2S2. The third kappa shape index (κ3) is 2.85. The number of hydrogen-bond acceptors (Lipinski definition) is 4. The van der Waals surface area contributed by atoms with Gasteiger partial charge in [-0.3, -0.25) is 4.90 Å². The maximum absolute atomic E-state index is 13.1. The predicted molar refractivity (Wildman–Crippen MR) is 108 cm³/mol. The van der Waals surface area contributed by atoms with Crippen molar-refractivity contribution >= 4 is 44.3 Å². The summed E-state index contributed by atoms with van der Waals surface area (Å²) in [6.45, 7) is 0. The van der Waals surface area contributed by atoms with Crippen LogP contribution >= 0.6 is 23.4 Å². The number of halogens is 1. The Morgan fingerprint density at radius 3 is 2.65 bits per heavy atom. The minimum Gasteiger partial charge on any atom is -0.297 e. The van der Waals surface area contributed by atoms with Crippen molar-refractivity contribution in [3.05, 3.63) is 59.2 Å². The molecule has 136 valence electrons. The molecule has 0 saturated carbocycles. The molecule has 0 fully saturated rings. The smallest absolute Gasteiger partial charge is 0.269 e. The average molecular weight is 407 g/mol. The average Bonchev–Trinajstić information content (AvgIpc) is 3.06. The molecule has 0 N–H and O–H groups in total. The van der Waals surface area contributed by atoms with Gasteiger partial charge < -0.3 is 0 Å². The van der Waals surface area contributed by atoms with E-state index in [0.717, 1.165) is 18.2 Å². The van der Waals surface area contributed by atoms with Crippen molar-refractivity contribution in [2.45, 2.75) is 28.0 Å². The Balaban J connectivity index is 1.87. The summed E-state index contributed by atoms with van der Waals surface area (Å²) in [4.78, 5) is 3.51. The fourth-order valence-electron chi connectivity index (χ4n) is 3.35. The summed E-state index contributed by atoms with van der Waals surface area (Å²) < 4.78 is 27.6. The Hall–Kier alpha value is -1.47. The van der Waals surface area contributed by atoms with Crippen LogP contribution in [0.4, 0.5) is 0 Å². The zero-order valence-corrected chi connectivity index (χ0v) is 16.9. The molecule has 0 radical (unpaired) electrons. The normalized spacial score (nSPS) is 17.6. The van der Waals surface area contributed by atoms with Crippen molar-refractivity contribution in [3.8, 4) is 0 Å². The van der Waals surface area contributed by atoms with E-state index < -0.39 is 10.0 Å². The van der Waals surface area contributed by atoms with Gasteiger partial charge in [0.2, 0.25) is 0 Å². The van der Waals surface area contributed by atoms with E-state index in [-0.39, 0.29) is 9.92 Å². The number of thioether (sulfide) groups is 1. The molecule has 1 atom stereocenters. The van der Waals surface area contributed by atoms with E-state index in [2.05, 4.69) is 25.1 Å². The Bertz CT molecular complexity index is 1090. The first-order chi connectivity index (χ1) is 12.4. The Morgan fingerprint density at radius 2 is 1.92 bits per heavy atom. The first-order valence-electron chi connectivity index (χ1n) is 8.36. The number of fused-ring (bicyclic) bond motifs is 3. The topological polar surface area (TPSA) is 42.3 Å². The number of rotatable bonds is 3. The SMILES string of the molecule is CN(C)C1CCc2ccc3c(ccn3S(=O)(=O)c3ccccc3Cl)c2S1. The van der Waals surface area contributed by atoms with E-state index in [1.807, 2.05) is 23.9 Å². The van der Waals surface area contributed by atoms with Gasteiger partial charge in [-0.2, -0.15) is 0 Å². The van der Waals surface area contributed by atoms with Crippen LogP contribution in [0.15, 0.2) is 58.5 Å². The predicted octanol–water partition coefficient (Wildman–Crippen LogP) is 4.46. The number of aromatic nitrogens is 1. The molecule has 1 aliphatic heterocycles. The molecule has 4 rings (SSSR count). The molecule has 0 amide bonds. The highest BCUT2D eigenvalue weighted by Gasteiger charge is 2.26. The first-order valence-corrected chi connectivity index (χ1v) is 11.1. The van der Waals surface area contributed by atoms with E-state index in [9.17, 15) is 8.42 Å². The summed E-state index contributed by atoms with van der Waals surface area (Å²) in [5, 5.41) is 1.61. The van der Waals surface area contributed by atoms with E-state index in [1.54, 1.807) is 30.5 Å². The van der Waals surface area contributed by atoms with Crippen LogP contribution in [-0.4, -0.2) is 36.8 Å². The molecule has 26 heavy (non-hydrogen) atoms. The number of nitrogens with zero attached hydrogens (tertiary/aromatic N) is 2. The van der Waals surface area contributed by atoms with Crippen molar-refractivity contribution in [1.29, 1.82) is 0 Å². The summed E-state index contributed by atoms with van der Waals surface area (Å²) in [5.41, 5.74) is 1.98. The van der Waals surface area contributed by atoms with Crippen molar-refractivity contribution in [1.82, 2.24) is 8.87 Å². The van der Waals surface area contributed by atoms with Crippen LogP contribution in [-0.2, 0) is 16.4 Å². The molecule has 0 saturated heterocycles. The van der Waals surface area contributed by atoms with Gasteiger partial charge in [0.25, 0.3) is 10.0 Å². The zero-order valence-electron chi connectivity index (χ0n) is 14.5. The Morgan fingerprint density at radius 1 is 1.15 bits per heavy atom. The summed E-state index contributed by atoms with van der Waals surface area (Å²) in [6, 6.07) is 12.4. The second kappa shape index (κ2) is 6.60. The molecule has 0 spiro atoms. The van der Waals surface area contributed by atoms with Crippen LogP contribution in [0, 0.1) is 0 Å². The van der Waals surface area contributed by atoms with Gasteiger partial charge >= 0.3 is 0 Å². The molecule has 3 aromatic rings. The zero-order chi connectivity index (χ0) is 18.5. The summed E-state index contributed by atoms with van der Waals surface area (Å²) in [5.74, 6) is 0. The quantitative estimate of drug-likeness (QED) is 0.644. The fourth-order valence-corrected chi connectivity index (χ4v) is 6.54. The molecule has 2 heterocycles. The molecule has 1 aliphatic rings. The maximum atomic E-state index is 13.1. The lowest BCUT2D eigenvalue weighted by molar-refractivity contribution is 0.364. The van der Waals surface area contributed by atoms with Crippen LogP contribution in [0.3, 0.4) is 0 Å². The second-order valence-electron chi connectivity index (χ2n) is 6.61. The van der Waals surface area contributed by atoms with Crippen LogP contribution in [0.5, 0.6) is 0 Å². The lowest BCUT2D eigenvalue weighted by Gasteiger charge is -2.29. The van der Waals surface area contributed by atoms with Crippen LogP contribution in [0.25, 0.3) is 10.9 Å². The van der Waals surface area contributed by atoms with Gasteiger partial charge in [0, 0.05) is 16.5 Å². The van der Waals surface area contributed by atoms with Gasteiger partial charge in [-0.25, -0.2) is 12.4 Å². The molecule has 1 aromatic heterocycles. The lowest BCUT2D eigenvalue weighted by atomic mass is 10.1. The molecule has 7 heteroatoms. The van der Waals surface area contributed by atoms with E-state index in [0.29, 0.717) is 10.9 Å². The fraction of sp³-hybridized carbons (Fsp3) is 0.263. The highest BCUT2D eigenvalue weighted by atomic mass is 35.5. The second-order valence-corrected chi connectivity index (χ2v) is 9.99. The molecular weight excluding hydrogens is 388 g/mol. The third-order valence-corrected chi connectivity index (χ3v) is 8.57. The highest BCUT2D eigenvalue weighted by molar-refractivity contribution is 8.00. The molecule has 0 bridgehead atoms. The minimum atomic E-state index is -3.74. The largest absolute Gasteiger partial charge is 0.297 e. The van der Waals surface area contributed by atoms with Gasteiger partial charge in [-0.1, -0.05) is 29.8 Å². The van der Waals surface area contributed by atoms with Gasteiger partial charge in [0.15, 0.2) is 0 Å². The minimum absolute atomic E-state index is 0.121. The van der Waals surface area contributed by atoms with E-state index in [1.165, 1.54) is 14.4 Å². The van der Waals surface area contributed by atoms with Gasteiger partial charge in [-0.05, 0) is 56.8 Å².